The standard InChI is InChI=1S/C7H16N2O2/c1-5(2)3-6(8)4-9-7(10)11/h5-6,9H,3-4,8H2,1-2H3,(H,10,11)/t6-/m0/s1. The van der Waals surface area contributed by atoms with E-state index in [-0.39, 0.29) is 6.04 Å². The Morgan fingerprint density at radius 1 is 1.64 bits per heavy atom. The summed E-state index contributed by atoms with van der Waals surface area (Å²) in [5.41, 5.74) is 5.60. The molecule has 0 fully saturated rings. The van der Waals surface area contributed by atoms with E-state index in [4.69, 9.17) is 10.8 Å². The van der Waals surface area contributed by atoms with E-state index in [0.29, 0.717) is 12.5 Å². The van der Waals surface area contributed by atoms with Crippen LogP contribution in [0.25, 0.3) is 0 Å². The molecule has 0 radical (unpaired) electrons. The maximum absolute atomic E-state index is 10.0. The SMILES string of the molecule is CC(C)C[C@H](N)CNC(=O)O. The number of hydrogen-bond donors (Lipinski definition) is 3. The molecule has 0 aliphatic rings. The van der Waals surface area contributed by atoms with Crippen LogP contribution in [0.15, 0.2) is 0 Å². The summed E-state index contributed by atoms with van der Waals surface area (Å²) in [4.78, 5) is 10.0. The second-order valence-corrected chi connectivity index (χ2v) is 3.08. The van der Waals surface area contributed by atoms with E-state index in [1.807, 2.05) is 0 Å². The topological polar surface area (TPSA) is 75.3 Å². The van der Waals surface area contributed by atoms with Crippen LogP contribution in [-0.2, 0) is 0 Å². The number of nitrogens with two attached hydrogens (primary N) is 1. The maximum Gasteiger partial charge on any atom is 0.404 e. The zero-order chi connectivity index (χ0) is 8.85. The first-order chi connectivity index (χ1) is 5.02. The van der Waals surface area contributed by atoms with Gasteiger partial charge in [-0.15, -0.1) is 0 Å². The van der Waals surface area contributed by atoms with Crippen LogP contribution in [0.1, 0.15) is 20.3 Å². The second kappa shape index (κ2) is 4.96. The minimum atomic E-state index is -1.01. The first kappa shape index (κ1) is 10.2. The van der Waals surface area contributed by atoms with Gasteiger partial charge in [0.2, 0.25) is 0 Å². The molecule has 0 saturated carbocycles. The van der Waals surface area contributed by atoms with Gasteiger partial charge in [0.25, 0.3) is 0 Å². The van der Waals surface area contributed by atoms with Gasteiger partial charge in [0, 0.05) is 12.6 Å². The van der Waals surface area contributed by atoms with Crippen LogP contribution >= 0.6 is 0 Å². The maximum atomic E-state index is 10.0. The van der Waals surface area contributed by atoms with Crippen LogP contribution in [0.3, 0.4) is 0 Å². The summed E-state index contributed by atoms with van der Waals surface area (Å²) >= 11 is 0. The molecule has 0 aliphatic heterocycles. The van der Waals surface area contributed by atoms with Crippen molar-refractivity contribution in [2.75, 3.05) is 6.54 Å². The molecule has 0 bridgehead atoms. The van der Waals surface area contributed by atoms with Gasteiger partial charge in [0.15, 0.2) is 0 Å². The van der Waals surface area contributed by atoms with Crippen molar-refractivity contribution in [3.05, 3.63) is 0 Å². The summed E-state index contributed by atoms with van der Waals surface area (Å²) in [6.07, 6.45) is -0.162. The first-order valence-corrected chi connectivity index (χ1v) is 3.74. The summed E-state index contributed by atoms with van der Waals surface area (Å²) in [5, 5.41) is 10.5. The van der Waals surface area contributed by atoms with E-state index in [1.165, 1.54) is 0 Å². The summed E-state index contributed by atoms with van der Waals surface area (Å²) < 4.78 is 0. The van der Waals surface area contributed by atoms with Gasteiger partial charge in [0.05, 0.1) is 0 Å². The average Bonchev–Trinajstić information content (AvgIpc) is 1.82. The summed E-state index contributed by atoms with van der Waals surface area (Å²) in [6.45, 7) is 4.45. The zero-order valence-electron chi connectivity index (χ0n) is 7.00. The van der Waals surface area contributed by atoms with Crippen molar-refractivity contribution in [2.24, 2.45) is 11.7 Å². The third-order valence-corrected chi connectivity index (χ3v) is 1.29. The highest BCUT2D eigenvalue weighted by atomic mass is 16.4. The van der Waals surface area contributed by atoms with Gasteiger partial charge in [-0.1, -0.05) is 13.8 Å². The molecular weight excluding hydrogens is 144 g/mol. The molecule has 0 aromatic heterocycles. The lowest BCUT2D eigenvalue weighted by Crippen LogP contribution is -2.37. The van der Waals surface area contributed by atoms with Crippen molar-refractivity contribution in [2.45, 2.75) is 26.3 Å². The third-order valence-electron chi connectivity index (χ3n) is 1.29. The van der Waals surface area contributed by atoms with E-state index in [9.17, 15) is 4.79 Å². The molecule has 4 heteroatoms. The van der Waals surface area contributed by atoms with Gasteiger partial charge < -0.3 is 16.2 Å². The molecule has 0 saturated heterocycles. The summed E-state index contributed by atoms with van der Waals surface area (Å²) in [6, 6.07) is -0.0638. The molecule has 0 aliphatic carbocycles. The molecular formula is C7H16N2O2. The van der Waals surface area contributed by atoms with Crippen LogP contribution in [-0.4, -0.2) is 23.8 Å². The van der Waals surface area contributed by atoms with Crippen molar-refractivity contribution < 1.29 is 9.90 Å². The molecule has 4 N–H and O–H groups in total. The van der Waals surface area contributed by atoms with Crippen molar-refractivity contribution >= 4 is 6.09 Å². The van der Waals surface area contributed by atoms with Crippen molar-refractivity contribution in [1.82, 2.24) is 5.32 Å². The van der Waals surface area contributed by atoms with Crippen LogP contribution in [0.2, 0.25) is 0 Å². The molecule has 0 spiro atoms. The number of nitrogens with one attached hydrogen (secondary N) is 1. The molecule has 0 rings (SSSR count). The molecule has 1 amide bonds. The molecule has 4 nitrogen and oxygen atoms in total. The van der Waals surface area contributed by atoms with E-state index in [0.717, 1.165) is 6.42 Å². The zero-order valence-corrected chi connectivity index (χ0v) is 7.00. The van der Waals surface area contributed by atoms with Crippen LogP contribution in [0.4, 0.5) is 4.79 Å². The van der Waals surface area contributed by atoms with Gasteiger partial charge in [-0.3, -0.25) is 0 Å². The molecule has 0 aromatic rings. The number of carbonyl (C=O) groups is 1. The lowest BCUT2D eigenvalue weighted by atomic mass is 10.1. The Bertz CT molecular complexity index is 126. The predicted octanol–water partition coefficient (Wildman–Crippen LogP) is 0.627. The Morgan fingerprint density at radius 2 is 2.18 bits per heavy atom. The van der Waals surface area contributed by atoms with E-state index >= 15 is 0 Å². The minimum Gasteiger partial charge on any atom is -0.465 e. The van der Waals surface area contributed by atoms with Crippen molar-refractivity contribution in [3.8, 4) is 0 Å². The minimum absolute atomic E-state index is 0.0638. The average molecular weight is 160 g/mol. The fraction of sp³-hybridized carbons (Fsp3) is 0.857. The smallest absolute Gasteiger partial charge is 0.404 e. The Morgan fingerprint density at radius 3 is 2.55 bits per heavy atom. The monoisotopic (exact) mass is 160 g/mol. The highest BCUT2D eigenvalue weighted by Gasteiger charge is 2.05. The molecule has 0 aromatic carbocycles. The Kier molecular flexibility index (Phi) is 4.61. The molecule has 0 heterocycles. The fourth-order valence-electron chi connectivity index (χ4n) is 0.907. The largest absolute Gasteiger partial charge is 0.465 e. The van der Waals surface area contributed by atoms with Crippen LogP contribution in [0, 0.1) is 5.92 Å². The predicted molar refractivity (Wildman–Crippen MR) is 43.5 cm³/mol. The van der Waals surface area contributed by atoms with Gasteiger partial charge in [-0.25, -0.2) is 4.79 Å². The first-order valence-electron chi connectivity index (χ1n) is 3.74. The van der Waals surface area contributed by atoms with Crippen molar-refractivity contribution in [1.29, 1.82) is 0 Å². The van der Waals surface area contributed by atoms with Gasteiger partial charge in [0.1, 0.15) is 0 Å². The molecule has 11 heavy (non-hydrogen) atoms. The summed E-state index contributed by atoms with van der Waals surface area (Å²) in [5.74, 6) is 0.514. The van der Waals surface area contributed by atoms with Crippen molar-refractivity contribution in [3.63, 3.8) is 0 Å². The number of carboxylic acid groups (broad SMARTS) is 1. The van der Waals surface area contributed by atoms with Crippen LogP contribution in [0.5, 0.6) is 0 Å². The highest BCUT2D eigenvalue weighted by Crippen LogP contribution is 2.01. The van der Waals surface area contributed by atoms with Gasteiger partial charge >= 0.3 is 6.09 Å². The number of hydrogen-bond acceptors (Lipinski definition) is 2. The fourth-order valence-corrected chi connectivity index (χ4v) is 0.907. The lowest BCUT2D eigenvalue weighted by molar-refractivity contribution is 0.193. The van der Waals surface area contributed by atoms with E-state index in [2.05, 4.69) is 19.2 Å². The van der Waals surface area contributed by atoms with Gasteiger partial charge in [-0.2, -0.15) is 0 Å². The second-order valence-electron chi connectivity index (χ2n) is 3.08. The summed E-state index contributed by atoms with van der Waals surface area (Å²) in [7, 11) is 0. The van der Waals surface area contributed by atoms with Crippen LogP contribution < -0.4 is 11.1 Å². The van der Waals surface area contributed by atoms with E-state index < -0.39 is 6.09 Å². The normalized spacial score (nSPS) is 13.1. The molecule has 1 atom stereocenters. The quantitative estimate of drug-likeness (QED) is 0.564. The highest BCUT2D eigenvalue weighted by molar-refractivity contribution is 5.64. The number of amides is 1. The Hall–Kier alpha value is -0.770. The lowest BCUT2D eigenvalue weighted by Gasteiger charge is -2.12. The third kappa shape index (κ3) is 7.12. The van der Waals surface area contributed by atoms with E-state index in [1.54, 1.807) is 0 Å². The number of rotatable bonds is 4. The molecule has 66 valence electrons. The van der Waals surface area contributed by atoms with Gasteiger partial charge in [-0.05, 0) is 12.3 Å². The Balaban J connectivity index is 3.37. The Labute approximate surface area is 66.8 Å². The molecule has 0 unspecified atom stereocenters.